The van der Waals surface area contributed by atoms with Crippen molar-refractivity contribution in [1.29, 1.82) is 0 Å². The van der Waals surface area contributed by atoms with Crippen molar-refractivity contribution in [2.75, 3.05) is 5.75 Å². The average molecular weight is 299 g/mol. The Labute approximate surface area is 118 Å². The molecule has 1 amide bonds. The molecule has 0 bridgehead atoms. The van der Waals surface area contributed by atoms with Crippen LogP contribution in [-0.4, -0.2) is 16.2 Å². The summed E-state index contributed by atoms with van der Waals surface area (Å²) >= 11 is 8.70. The fourth-order valence-corrected chi connectivity index (χ4v) is 2.81. The van der Waals surface area contributed by atoms with Crippen LogP contribution < -0.4 is 4.80 Å². The van der Waals surface area contributed by atoms with Crippen LogP contribution in [0.1, 0.15) is 0 Å². The van der Waals surface area contributed by atoms with E-state index in [9.17, 15) is 4.79 Å². The molecule has 0 N–H and O–H groups in total. The average Bonchev–Trinajstić information content (AvgIpc) is 2.74. The lowest BCUT2D eigenvalue weighted by Gasteiger charge is -1.98. The normalized spacial score (nSPS) is 11.8. The monoisotopic (exact) mass is 298 g/mol. The number of thioether (sulfide) groups is 1. The second kappa shape index (κ2) is 6.22. The molecule has 1 aromatic heterocycles. The van der Waals surface area contributed by atoms with E-state index in [1.807, 2.05) is 47.5 Å². The molecular formula is C12H11ClN2OS2. The third kappa shape index (κ3) is 3.73. The predicted octanol–water partition coefficient (Wildman–Crippen LogP) is 2.96. The summed E-state index contributed by atoms with van der Waals surface area (Å²) in [5.74, 6) is 0.201. The van der Waals surface area contributed by atoms with E-state index in [1.54, 1.807) is 0 Å². The third-order valence-electron chi connectivity index (χ3n) is 2.16. The highest BCUT2D eigenvalue weighted by molar-refractivity contribution is 8.00. The number of rotatable bonds is 3. The molecule has 0 aliphatic heterocycles. The van der Waals surface area contributed by atoms with E-state index in [0.717, 1.165) is 9.70 Å². The van der Waals surface area contributed by atoms with Crippen molar-refractivity contribution in [3.63, 3.8) is 0 Å². The summed E-state index contributed by atoms with van der Waals surface area (Å²) in [5, 5.41) is 2.60. The zero-order chi connectivity index (χ0) is 13.0. The summed E-state index contributed by atoms with van der Waals surface area (Å²) in [6, 6.07) is 7.41. The Balaban J connectivity index is 1.97. The zero-order valence-electron chi connectivity index (χ0n) is 9.67. The first-order valence-corrected chi connectivity index (χ1v) is 7.45. The van der Waals surface area contributed by atoms with Gasteiger partial charge >= 0.3 is 0 Å². The number of halogens is 1. The Morgan fingerprint density at radius 1 is 1.44 bits per heavy atom. The van der Waals surface area contributed by atoms with Gasteiger partial charge in [0.15, 0.2) is 4.80 Å². The summed E-state index contributed by atoms with van der Waals surface area (Å²) in [7, 11) is 1.87. The van der Waals surface area contributed by atoms with Gasteiger partial charge in [0.1, 0.15) is 0 Å². The fourth-order valence-electron chi connectivity index (χ4n) is 1.25. The first-order valence-electron chi connectivity index (χ1n) is 5.21. The molecule has 94 valence electrons. The molecule has 0 fully saturated rings. The van der Waals surface area contributed by atoms with Crippen LogP contribution in [0.3, 0.4) is 0 Å². The van der Waals surface area contributed by atoms with E-state index < -0.39 is 0 Å². The highest BCUT2D eigenvalue weighted by atomic mass is 35.5. The number of hydrogen-bond acceptors (Lipinski definition) is 3. The molecule has 0 saturated carbocycles. The van der Waals surface area contributed by atoms with Crippen LogP contribution in [0.5, 0.6) is 0 Å². The molecule has 0 radical (unpaired) electrons. The molecule has 1 aromatic carbocycles. The largest absolute Gasteiger partial charge is 0.327 e. The van der Waals surface area contributed by atoms with Crippen molar-refractivity contribution in [2.24, 2.45) is 12.0 Å². The molecule has 18 heavy (non-hydrogen) atoms. The van der Waals surface area contributed by atoms with Gasteiger partial charge in [-0.1, -0.05) is 11.6 Å². The van der Waals surface area contributed by atoms with E-state index in [0.29, 0.717) is 10.8 Å². The van der Waals surface area contributed by atoms with Gasteiger partial charge in [-0.25, -0.2) is 0 Å². The van der Waals surface area contributed by atoms with E-state index >= 15 is 0 Å². The summed E-state index contributed by atoms with van der Waals surface area (Å²) in [6.07, 6.45) is 1.88. The van der Waals surface area contributed by atoms with Crippen molar-refractivity contribution in [3.05, 3.63) is 45.7 Å². The van der Waals surface area contributed by atoms with Crippen LogP contribution in [0, 0.1) is 0 Å². The minimum absolute atomic E-state index is 0.131. The van der Waals surface area contributed by atoms with Crippen molar-refractivity contribution in [3.8, 4) is 0 Å². The number of hydrogen-bond donors (Lipinski definition) is 0. The predicted molar refractivity (Wildman–Crippen MR) is 76.0 cm³/mol. The second-order valence-electron chi connectivity index (χ2n) is 3.54. The standard InChI is InChI=1S/C12H11ClN2OS2/c1-15-6-7-17-12(15)14-11(16)8-18-10-4-2-9(13)3-5-10/h2-7H,8H2,1H3. The Bertz CT molecular complexity index is 601. The van der Waals surface area contributed by atoms with Gasteiger partial charge < -0.3 is 4.57 Å². The highest BCUT2D eigenvalue weighted by Crippen LogP contribution is 2.20. The minimum Gasteiger partial charge on any atom is -0.327 e. The SMILES string of the molecule is Cn1ccsc1=NC(=O)CSc1ccc(Cl)cc1. The number of aromatic nitrogens is 1. The maximum absolute atomic E-state index is 11.7. The molecule has 6 heteroatoms. The number of carbonyl (C=O) groups excluding carboxylic acids is 1. The summed E-state index contributed by atoms with van der Waals surface area (Å²) < 4.78 is 1.83. The van der Waals surface area contributed by atoms with Crippen LogP contribution in [0.2, 0.25) is 5.02 Å². The molecule has 0 unspecified atom stereocenters. The van der Waals surface area contributed by atoms with Crippen LogP contribution in [0.4, 0.5) is 0 Å². The molecule has 2 rings (SSSR count). The van der Waals surface area contributed by atoms with Gasteiger partial charge in [0.2, 0.25) is 0 Å². The Hall–Kier alpha value is -1.04. The molecule has 3 nitrogen and oxygen atoms in total. The van der Waals surface area contributed by atoms with Crippen LogP contribution in [-0.2, 0) is 11.8 Å². The van der Waals surface area contributed by atoms with Gasteiger partial charge in [-0.05, 0) is 24.3 Å². The first-order chi connectivity index (χ1) is 8.65. The quantitative estimate of drug-likeness (QED) is 0.817. The van der Waals surface area contributed by atoms with E-state index in [-0.39, 0.29) is 5.91 Å². The maximum Gasteiger partial charge on any atom is 0.258 e. The first kappa shape index (κ1) is 13.4. The smallest absolute Gasteiger partial charge is 0.258 e. The number of carbonyl (C=O) groups is 1. The summed E-state index contributed by atoms with van der Waals surface area (Å²) in [4.78, 5) is 17.5. The van der Waals surface area contributed by atoms with E-state index in [1.165, 1.54) is 23.1 Å². The maximum atomic E-state index is 11.7. The van der Waals surface area contributed by atoms with E-state index in [2.05, 4.69) is 4.99 Å². The molecule has 1 heterocycles. The number of amides is 1. The fraction of sp³-hybridized carbons (Fsp3) is 0.167. The van der Waals surface area contributed by atoms with Gasteiger partial charge in [0.05, 0.1) is 5.75 Å². The molecule has 0 aliphatic rings. The second-order valence-corrected chi connectivity index (χ2v) is 5.90. The lowest BCUT2D eigenvalue weighted by Crippen LogP contribution is -2.13. The molecule has 0 spiro atoms. The van der Waals surface area contributed by atoms with Crippen molar-refractivity contribution in [1.82, 2.24) is 4.57 Å². The Morgan fingerprint density at radius 2 is 2.17 bits per heavy atom. The van der Waals surface area contributed by atoms with Gasteiger partial charge in [0.25, 0.3) is 5.91 Å². The van der Waals surface area contributed by atoms with E-state index in [4.69, 9.17) is 11.6 Å². The third-order valence-corrected chi connectivity index (χ3v) is 4.25. The van der Waals surface area contributed by atoms with Crippen molar-refractivity contribution < 1.29 is 4.79 Å². The van der Waals surface area contributed by atoms with Crippen LogP contribution in [0.25, 0.3) is 0 Å². The topological polar surface area (TPSA) is 34.4 Å². The molecule has 0 atom stereocenters. The lowest BCUT2D eigenvalue weighted by atomic mass is 10.4. The minimum atomic E-state index is -0.131. The molecule has 0 saturated heterocycles. The lowest BCUT2D eigenvalue weighted by molar-refractivity contribution is -0.115. The Kier molecular flexibility index (Phi) is 4.63. The Morgan fingerprint density at radius 3 is 2.78 bits per heavy atom. The molecular weight excluding hydrogens is 288 g/mol. The van der Waals surface area contributed by atoms with Gasteiger partial charge in [-0.15, -0.1) is 23.1 Å². The van der Waals surface area contributed by atoms with Crippen LogP contribution in [0.15, 0.2) is 45.7 Å². The number of nitrogens with zero attached hydrogens (tertiary/aromatic N) is 2. The number of thiazole rings is 1. The van der Waals surface area contributed by atoms with Gasteiger partial charge in [-0.2, -0.15) is 4.99 Å². The highest BCUT2D eigenvalue weighted by Gasteiger charge is 2.02. The molecule has 0 aliphatic carbocycles. The summed E-state index contributed by atoms with van der Waals surface area (Å²) in [6.45, 7) is 0. The van der Waals surface area contributed by atoms with Gasteiger partial charge in [-0.3, -0.25) is 4.79 Å². The number of benzene rings is 1. The van der Waals surface area contributed by atoms with Crippen molar-refractivity contribution >= 4 is 40.6 Å². The molecule has 2 aromatic rings. The summed E-state index contributed by atoms with van der Waals surface area (Å²) in [5.41, 5.74) is 0. The number of aryl methyl sites for hydroxylation is 1. The van der Waals surface area contributed by atoms with Gasteiger partial charge in [0, 0.05) is 28.5 Å². The van der Waals surface area contributed by atoms with Crippen LogP contribution >= 0.6 is 34.7 Å². The van der Waals surface area contributed by atoms with Crippen molar-refractivity contribution in [2.45, 2.75) is 4.90 Å². The zero-order valence-corrected chi connectivity index (χ0v) is 12.1.